The van der Waals surface area contributed by atoms with Gasteiger partial charge in [0.15, 0.2) is 0 Å². The number of ether oxygens (including phenoxy) is 1. The molecule has 1 heterocycles. The molecule has 0 aliphatic carbocycles. The number of carboxylic acids is 1. The first-order valence-electron chi connectivity index (χ1n) is 6.39. The molecule has 0 spiro atoms. The molecule has 1 N–H and O–H groups in total. The van der Waals surface area contributed by atoms with Gasteiger partial charge >= 0.3 is 5.97 Å². The molecule has 1 fully saturated rings. The number of aliphatic carboxylic acids is 1. The number of nitrogens with zero attached hydrogens (tertiary/aromatic N) is 1. The molecule has 5 heteroatoms. The van der Waals surface area contributed by atoms with Crippen molar-refractivity contribution in [3.05, 3.63) is 35.6 Å². The maximum absolute atomic E-state index is 13.6. The molecule has 1 saturated heterocycles. The summed E-state index contributed by atoms with van der Waals surface area (Å²) in [6.45, 7) is 3.20. The van der Waals surface area contributed by atoms with Gasteiger partial charge in [-0.05, 0) is 25.0 Å². The Labute approximate surface area is 111 Å². The molecule has 0 radical (unpaired) electrons. The second-order valence-electron chi connectivity index (χ2n) is 4.81. The van der Waals surface area contributed by atoms with Crippen LogP contribution in [0.25, 0.3) is 0 Å². The van der Waals surface area contributed by atoms with Gasteiger partial charge in [-0.3, -0.25) is 9.69 Å². The number of hydrogen-bond donors (Lipinski definition) is 1. The van der Waals surface area contributed by atoms with Crippen molar-refractivity contribution in [2.24, 2.45) is 0 Å². The second-order valence-corrected chi connectivity index (χ2v) is 4.81. The smallest absolute Gasteiger partial charge is 0.323 e. The maximum atomic E-state index is 13.6. The van der Waals surface area contributed by atoms with Crippen LogP contribution in [0.1, 0.15) is 12.5 Å². The van der Waals surface area contributed by atoms with Crippen molar-refractivity contribution in [1.29, 1.82) is 0 Å². The van der Waals surface area contributed by atoms with E-state index < -0.39 is 12.0 Å². The van der Waals surface area contributed by atoms with Crippen LogP contribution in [0.5, 0.6) is 0 Å². The first kappa shape index (κ1) is 14.0. The van der Waals surface area contributed by atoms with E-state index in [0.29, 0.717) is 25.1 Å². The molecule has 19 heavy (non-hydrogen) atoms. The normalized spacial score (nSPS) is 22.1. The Morgan fingerprint density at radius 1 is 1.58 bits per heavy atom. The summed E-state index contributed by atoms with van der Waals surface area (Å²) in [4.78, 5) is 13.1. The summed E-state index contributed by atoms with van der Waals surface area (Å²) in [5, 5.41) is 9.18. The number of rotatable bonds is 4. The van der Waals surface area contributed by atoms with E-state index in [9.17, 15) is 14.3 Å². The molecule has 0 aromatic heterocycles. The number of hydrogen-bond acceptors (Lipinski definition) is 3. The van der Waals surface area contributed by atoms with Crippen molar-refractivity contribution < 1.29 is 19.0 Å². The molecule has 1 aliphatic heterocycles. The van der Waals surface area contributed by atoms with E-state index in [2.05, 4.69) is 0 Å². The molecule has 2 atom stereocenters. The largest absolute Gasteiger partial charge is 0.480 e. The van der Waals surface area contributed by atoms with E-state index in [1.165, 1.54) is 6.07 Å². The van der Waals surface area contributed by atoms with Crippen molar-refractivity contribution in [2.45, 2.75) is 25.4 Å². The fourth-order valence-electron chi connectivity index (χ4n) is 2.46. The van der Waals surface area contributed by atoms with E-state index >= 15 is 0 Å². The molecular weight excluding hydrogens is 249 g/mol. The minimum Gasteiger partial charge on any atom is -0.480 e. The molecule has 2 unspecified atom stereocenters. The molecule has 104 valence electrons. The molecule has 2 rings (SSSR count). The summed E-state index contributed by atoms with van der Waals surface area (Å²) < 4.78 is 18.8. The van der Waals surface area contributed by atoms with Crippen molar-refractivity contribution in [3.63, 3.8) is 0 Å². The van der Waals surface area contributed by atoms with E-state index in [0.717, 1.165) is 0 Å². The van der Waals surface area contributed by atoms with Crippen LogP contribution in [0.4, 0.5) is 4.39 Å². The van der Waals surface area contributed by atoms with Gasteiger partial charge in [-0.1, -0.05) is 18.2 Å². The van der Waals surface area contributed by atoms with Gasteiger partial charge in [0.2, 0.25) is 0 Å². The third-order valence-corrected chi connectivity index (χ3v) is 3.49. The summed E-state index contributed by atoms with van der Waals surface area (Å²) in [6.07, 6.45) is 0.496. The zero-order chi connectivity index (χ0) is 13.8. The van der Waals surface area contributed by atoms with Crippen molar-refractivity contribution in [2.75, 3.05) is 19.8 Å². The van der Waals surface area contributed by atoms with E-state index in [4.69, 9.17) is 4.74 Å². The van der Waals surface area contributed by atoms with Crippen LogP contribution in [0.2, 0.25) is 0 Å². The lowest BCUT2D eigenvalue weighted by Crippen LogP contribution is -2.54. The van der Waals surface area contributed by atoms with E-state index in [1.54, 1.807) is 18.2 Å². The Hall–Kier alpha value is -1.46. The molecule has 0 amide bonds. The zero-order valence-corrected chi connectivity index (χ0v) is 10.9. The van der Waals surface area contributed by atoms with E-state index in [1.807, 2.05) is 11.8 Å². The standard InChI is InChI=1S/C14H18FNO3/c1-10(8-11-4-2-3-5-12(11)15)16-6-7-19-9-13(16)14(17)18/h2-5,10,13H,6-9H2,1H3,(H,17,18). The molecular formula is C14H18FNO3. The highest BCUT2D eigenvalue weighted by molar-refractivity contribution is 5.73. The van der Waals surface area contributed by atoms with Crippen LogP contribution in [-0.4, -0.2) is 47.8 Å². The summed E-state index contributed by atoms with van der Waals surface area (Å²) in [5.74, 6) is -1.13. The minimum absolute atomic E-state index is 0.0399. The number of carboxylic acid groups (broad SMARTS) is 1. The summed E-state index contributed by atoms with van der Waals surface area (Å²) in [5.41, 5.74) is 0.616. The quantitative estimate of drug-likeness (QED) is 0.899. The third-order valence-electron chi connectivity index (χ3n) is 3.49. The van der Waals surface area contributed by atoms with Gasteiger partial charge in [-0.2, -0.15) is 0 Å². The fourth-order valence-corrected chi connectivity index (χ4v) is 2.46. The monoisotopic (exact) mass is 267 g/mol. The average molecular weight is 267 g/mol. The topological polar surface area (TPSA) is 49.8 Å². The molecule has 0 saturated carbocycles. The lowest BCUT2D eigenvalue weighted by molar-refractivity contribution is -0.151. The van der Waals surface area contributed by atoms with Gasteiger partial charge in [-0.15, -0.1) is 0 Å². The van der Waals surface area contributed by atoms with Crippen molar-refractivity contribution >= 4 is 5.97 Å². The predicted octanol–water partition coefficient (Wildman–Crippen LogP) is 1.54. The van der Waals surface area contributed by atoms with Gasteiger partial charge in [-0.25, -0.2) is 4.39 Å². The van der Waals surface area contributed by atoms with Crippen LogP contribution in [0, 0.1) is 5.82 Å². The minimum atomic E-state index is -0.889. The van der Waals surface area contributed by atoms with Crippen LogP contribution in [0.15, 0.2) is 24.3 Å². The third kappa shape index (κ3) is 3.30. The highest BCUT2D eigenvalue weighted by Gasteiger charge is 2.32. The molecule has 1 aromatic carbocycles. The van der Waals surface area contributed by atoms with E-state index in [-0.39, 0.29) is 18.5 Å². The van der Waals surface area contributed by atoms with Crippen LogP contribution in [-0.2, 0) is 16.0 Å². The predicted molar refractivity (Wildman–Crippen MR) is 68.5 cm³/mol. The van der Waals surface area contributed by atoms with Gasteiger partial charge in [0.05, 0.1) is 13.2 Å². The van der Waals surface area contributed by atoms with Crippen molar-refractivity contribution in [1.82, 2.24) is 4.90 Å². The SMILES string of the molecule is CC(Cc1ccccc1F)N1CCOCC1C(=O)O. The van der Waals surface area contributed by atoms with Gasteiger partial charge in [0.25, 0.3) is 0 Å². The van der Waals surface area contributed by atoms with Crippen LogP contribution >= 0.6 is 0 Å². The number of carbonyl (C=O) groups is 1. The Kier molecular flexibility index (Phi) is 4.50. The summed E-state index contributed by atoms with van der Waals surface area (Å²) in [7, 11) is 0. The number of morpholine rings is 1. The average Bonchev–Trinajstić information content (AvgIpc) is 2.41. The number of halogens is 1. The highest BCUT2D eigenvalue weighted by Crippen LogP contribution is 2.17. The van der Waals surface area contributed by atoms with Crippen molar-refractivity contribution in [3.8, 4) is 0 Å². The Morgan fingerprint density at radius 3 is 3.00 bits per heavy atom. The van der Waals surface area contributed by atoms with Crippen LogP contribution in [0.3, 0.4) is 0 Å². The molecule has 0 bridgehead atoms. The molecule has 1 aromatic rings. The van der Waals surface area contributed by atoms with Gasteiger partial charge in [0, 0.05) is 12.6 Å². The molecule has 4 nitrogen and oxygen atoms in total. The fraction of sp³-hybridized carbons (Fsp3) is 0.500. The Morgan fingerprint density at radius 2 is 2.32 bits per heavy atom. The first-order valence-corrected chi connectivity index (χ1v) is 6.39. The Balaban J connectivity index is 2.07. The summed E-state index contributed by atoms with van der Waals surface area (Å²) in [6, 6.07) is 5.92. The van der Waals surface area contributed by atoms with Gasteiger partial charge < -0.3 is 9.84 Å². The first-order chi connectivity index (χ1) is 9.09. The zero-order valence-electron chi connectivity index (χ0n) is 10.9. The number of benzene rings is 1. The Bertz CT molecular complexity index is 452. The molecule has 1 aliphatic rings. The van der Waals surface area contributed by atoms with Gasteiger partial charge in [0.1, 0.15) is 11.9 Å². The highest BCUT2D eigenvalue weighted by atomic mass is 19.1. The lowest BCUT2D eigenvalue weighted by atomic mass is 10.0. The second kappa shape index (κ2) is 6.12. The lowest BCUT2D eigenvalue weighted by Gasteiger charge is -2.37. The maximum Gasteiger partial charge on any atom is 0.323 e. The van der Waals surface area contributed by atoms with Crippen LogP contribution < -0.4 is 0 Å². The summed E-state index contributed by atoms with van der Waals surface area (Å²) >= 11 is 0.